The number of nitrogens with one attached hydrogen (secondary N) is 2. The van der Waals surface area contributed by atoms with E-state index in [1.54, 1.807) is 24.3 Å². The summed E-state index contributed by atoms with van der Waals surface area (Å²) in [4.78, 5) is 25.2. The second kappa shape index (κ2) is 8.20. The van der Waals surface area contributed by atoms with Crippen LogP contribution in [0.3, 0.4) is 0 Å². The van der Waals surface area contributed by atoms with Gasteiger partial charge in [0.15, 0.2) is 5.78 Å². The highest BCUT2D eigenvalue weighted by Crippen LogP contribution is 2.45. The zero-order chi connectivity index (χ0) is 24.0. The van der Waals surface area contributed by atoms with E-state index in [1.807, 2.05) is 0 Å². The van der Waals surface area contributed by atoms with E-state index in [4.69, 9.17) is 16.0 Å². The average Bonchev–Trinajstić information content (AvgIpc) is 3.23. The molecule has 3 aromatic rings. The Morgan fingerprint density at radius 1 is 1.06 bits per heavy atom. The monoisotopic (exact) mass is 482 g/mol. The van der Waals surface area contributed by atoms with Gasteiger partial charge in [-0.1, -0.05) is 23.7 Å². The Morgan fingerprint density at radius 3 is 2.36 bits per heavy atom. The minimum atomic E-state index is -5.43. The fraction of sp³-hybridized carbons (Fsp3) is 0.182. The predicted octanol–water partition coefficient (Wildman–Crippen LogP) is 4.84. The molecule has 0 aliphatic carbocycles. The van der Waals surface area contributed by atoms with Gasteiger partial charge in [0.25, 0.3) is 0 Å². The first-order valence-electron chi connectivity index (χ1n) is 9.53. The van der Waals surface area contributed by atoms with Gasteiger partial charge in [-0.3, -0.25) is 4.79 Å². The lowest BCUT2D eigenvalue weighted by atomic mass is 9.79. The van der Waals surface area contributed by atoms with Crippen molar-refractivity contribution in [2.75, 3.05) is 0 Å². The summed E-state index contributed by atoms with van der Waals surface area (Å²) in [5.41, 5.74) is -3.80. The smallest absolute Gasteiger partial charge is 0.437 e. The Bertz CT molecular complexity index is 1210. The number of furan rings is 1. The van der Waals surface area contributed by atoms with E-state index >= 15 is 0 Å². The largest absolute Gasteiger partial charge is 0.459 e. The summed E-state index contributed by atoms with van der Waals surface area (Å²) in [6, 6.07) is 9.90. The Kier molecular flexibility index (Phi) is 5.67. The number of amides is 2. The van der Waals surface area contributed by atoms with Crippen LogP contribution in [0.1, 0.15) is 22.2 Å². The molecule has 1 aliphatic heterocycles. The molecule has 0 unspecified atom stereocenters. The van der Waals surface area contributed by atoms with Crippen LogP contribution in [0, 0.1) is 11.7 Å². The molecular formula is C22H15ClF4N2O4. The van der Waals surface area contributed by atoms with Crippen LogP contribution in [-0.2, 0) is 0 Å². The maximum atomic E-state index is 13.9. The number of hydrogen-bond donors (Lipinski definition) is 3. The molecule has 172 valence electrons. The number of carbonyl (C=O) groups excluding carboxylic acids is 2. The average molecular weight is 483 g/mol. The third-order valence-electron chi connectivity index (χ3n) is 5.29. The first kappa shape index (κ1) is 22.8. The highest BCUT2D eigenvalue weighted by atomic mass is 35.5. The van der Waals surface area contributed by atoms with Gasteiger partial charge in [-0.25, -0.2) is 9.18 Å². The summed E-state index contributed by atoms with van der Waals surface area (Å²) in [6.45, 7) is 0. The number of hydrogen-bond acceptors (Lipinski definition) is 4. The molecule has 2 heterocycles. The van der Waals surface area contributed by atoms with Gasteiger partial charge >= 0.3 is 12.2 Å². The SMILES string of the molecule is O=C1N[C@H](c2ccc(-c3ccccc3Cl)o2)[C@H](C(=O)c2ccc(F)cc2)[C@](O)(C(F)(F)F)N1. The Balaban J connectivity index is 1.82. The number of Topliss-reactive ketones (excluding diaryl/α,β-unsaturated/α-hetero) is 1. The maximum Gasteiger partial charge on any atom is 0.437 e. The molecule has 11 heteroatoms. The molecule has 1 aromatic heterocycles. The Hall–Kier alpha value is -3.37. The number of rotatable bonds is 4. The van der Waals surface area contributed by atoms with Gasteiger partial charge in [-0.05, 0) is 48.5 Å². The van der Waals surface area contributed by atoms with Crippen molar-refractivity contribution in [1.29, 1.82) is 0 Å². The number of urea groups is 1. The van der Waals surface area contributed by atoms with Crippen LogP contribution in [0.2, 0.25) is 5.02 Å². The second-order valence-electron chi connectivity index (χ2n) is 7.37. The minimum absolute atomic E-state index is 0.173. The molecule has 3 atom stereocenters. The molecule has 0 radical (unpaired) electrons. The van der Waals surface area contributed by atoms with Crippen LogP contribution in [0.15, 0.2) is 65.1 Å². The number of benzene rings is 2. The van der Waals surface area contributed by atoms with Crippen molar-refractivity contribution in [2.45, 2.75) is 17.9 Å². The van der Waals surface area contributed by atoms with Crippen molar-refractivity contribution in [3.63, 3.8) is 0 Å². The third kappa shape index (κ3) is 4.07. The summed E-state index contributed by atoms with van der Waals surface area (Å²) >= 11 is 6.14. The molecule has 1 fully saturated rings. The summed E-state index contributed by atoms with van der Waals surface area (Å²) in [5, 5.41) is 14.5. The number of halogens is 5. The highest BCUT2D eigenvalue weighted by molar-refractivity contribution is 6.33. The van der Waals surface area contributed by atoms with Crippen molar-refractivity contribution in [3.05, 3.63) is 82.8 Å². The first-order chi connectivity index (χ1) is 15.5. The molecular weight excluding hydrogens is 468 g/mol. The lowest BCUT2D eigenvalue weighted by Crippen LogP contribution is -2.72. The van der Waals surface area contributed by atoms with Gasteiger partial charge in [0.05, 0.1) is 5.02 Å². The van der Waals surface area contributed by atoms with E-state index in [0.29, 0.717) is 10.6 Å². The van der Waals surface area contributed by atoms with E-state index in [-0.39, 0.29) is 17.1 Å². The van der Waals surface area contributed by atoms with Crippen LogP contribution in [0.4, 0.5) is 22.4 Å². The summed E-state index contributed by atoms with van der Waals surface area (Å²) in [5.74, 6) is -4.25. The van der Waals surface area contributed by atoms with E-state index in [1.165, 1.54) is 17.4 Å². The van der Waals surface area contributed by atoms with Crippen LogP contribution >= 0.6 is 11.6 Å². The van der Waals surface area contributed by atoms with Gasteiger partial charge in [-0.2, -0.15) is 13.2 Å². The Morgan fingerprint density at radius 2 is 1.73 bits per heavy atom. The van der Waals surface area contributed by atoms with Gasteiger partial charge < -0.3 is 20.2 Å². The molecule has 1 saturated heterocycles. The van der Waals surface area contributed by atoms with Crippen molar-refractivity contribution in [1.82, 2.24) is 10.6 Å². The van der Waals surface area contributed by atoms with Gasteiger partial charge in [0.1, 0.15) is 29.3 Å². The molecule has 4 rings (SSSR count). The van der Waals surface area contributed by atoms with Gasteiger partial charge in [0.2, 0.25) is 5.72 Å². The normalized spacial score (nSPS) is 23.0. The van der Waals surface area contributed by atoms with Crippen LogP contribution < -0.4 is 10.6 Å². The van der Waals surface area contributed by atoms with E-state index in [0.717, 1.165) is 24.3 Å². The molecule has 3 N–H and O–H groups in total. The van der Waals surface area contributed by atoms with Gasteiger partial charge in [0, 0.05) is 11.1 Å². The first-order valence-corrected chi connectivity index (χ1v) is 9.91. The predicted molar refractivity (Wildman–Crippen MR) is 109 cm³/mol. The number of carbonyl (C=O) groups is 2. The fourth-order valence-electron chi connectivity index (χ4n) is 3.70. The zero-order valence-corrected chi connectivity index (χ0v) is 17.2. The van der Waals surface area contributed by atoms with Crippen LogP contribution in [0.5, 0.6) is 0 Å². The summed E-state index contributed by atoms with van der Waals surface area (Å²) in [7, 11) is 0. The quantitative estimate of drug-likeness (QED) is 0.366. The molecule has 33 heavy (non-hydrogen) atoms. The van der Waals surface area contributed by atoms with E-state index in [2.05, 4.69) is 5.32 Å². The van der Waals surface area contributed by atoms with Crippen LogP contribution in [0.25, 0.3) is 11.3 Å². The zero-order valence-electron chi connectivity index (χ0n) is 16.5. The van der Waals surface area contributed by atoms with E-state index < -0.39 is 41.5 Å². The molecule has 2 amide bonds. The molecule has 0 saturated carbocycles. The number of aliphatic hydroxyl groups is 1. The highest BCUT2D eigenvalue weighted by Gasteiger charge is 2.66. The molecule has 0 spiro atoms. The topological polar surface area (TPSA) is 91.6 Å². The third-order valence-corrected chi connectivity index (χ3v) is 5.62. The molecule has 2 aromatic carbocycles. The lowest BCUT2D eigenvalue weighted by Gasteiger charge is -2.44. The summed E-state index contributed by atoms with van der Waals surface area (Å²) < 4.78 is 60.8. The van der Waals surface area contributed by atoms with Crippen molar-refractivity contribution >= 4 is 23.4 Å². The molecule has 0 bridgehead atoms. The molecule has 6 nitrogen and oxygen atoms in total. The Labute approximate surface area is 189 Å². The van der Waals surface area contributed by atoms with E-state index in [9.17, 15) is 32.3 Å². The fourth-order valence-corrected chi connectivity index (χ4v) is 3.92. The van der Waals surface area contributed by atoms with Crippen molar-refractivity contribution < 1.29 is 36.7 Å². The summed E-state index contributed by atoms with van der Waals surface area (Å²) in [6.07, 6.45) is -5.43. The number of ketones is 1. The second-order valence-corrected chi connectivity index (χ2v) is 7.78. The maximum absolute atomic E-state index is 13.9. The number of alkyl halides is 3. The lowest BCUT2D eigenvalue weighted by molar-refractivity contribution is -0.288. The van der Waals surface area contributed by atoms with Gasteiger partial charge in [-0.15, -0.1) is 0 Å². The minimum Gasteiger partial charge on any atom is -0.459 e. The van der Waals surface area contributed by atoms with Crippen molar-refractivity contribution in [3.8, 4) is 11.3 Å². The van der Waals surface area contributed by atoms with Crippen LogP contribution in [-0.4, -0.2) is 28.8 Å². The van der Waals surface area contributed by atoms with Crippen molar-refractivity contribution in [2.24, 2.45) is 5.92 Å². The standard InChI is InChI=1S/C22H15ClF4N2O4/c23-14-4-2-1-3-13(14)15-9-10-16(33-15)18-17(19(30)11-5-7-12(24)8-6-11)21(32,22(25,26)27)29-20(31)28-18/h1-10,17-18,32H,(H2,28,29,31)/t17-,18-,21+/m1/s1. The molecule has 1 aliphatic rings.